The Labute approximate surface area is 200 Å². The van der Waals surface area contributed by atoms with Gasteiger partial charge in [0.05, 0.1) is 28.7 Å². The standard InChI is InChI=1S/C24H16ClN5O3S/c1-33-21-9-5-4-8-20(21)30-23(29-34(31,32)16-12-10-15(25)11-13-16)17(14-26)22-24(30)28-19-7-3-2-6-18(19)27-22/h2-13,29H,1H3. The molecule has 0 unspecified atom stereocenters. The number of aromatic nitrogens is 3. The number of hydrogen-bond acceptors (Lipinski definition) is 6. The van der Waals surface area contributed by atoms with Crippen LogP contribution in [0, 0.1) is 11.3 Å². The number of rotatable bonds is 5. The van der Waals surface area contributed by atoms with Gasteiger partial charge < -0.3 is 4.74 Å². The summed E-state index contributed by atoms with van der Waals surface area (Å²) in [6, 6.07) is 22.1. The molecule has 1 N–H and O–H groups in total. The number of anilines is 1. The molecular weight excluding hydrogens is 474 g/mol. The summed E-state index contributed by atoms with van der Waals surface area (Å²) in [5, 5.41) is 10.5. The first kappa shape index (κ1) is 21.7. The van der Waals surface area contributed by atoms with E-state index in [1.807, 2.05) is 12.1 Å². The average molecular weight is 490 g/mol. The van der Waals surface area contributed by atoms with Gasteiger partial charge in [0.1, 0.15) is 28.7 Å². The lowest BCUT2D eigenvalue weighted by Crippen LogP contribution is -2.16. The largest absolute Gasteiger partial charge is 0.495 e. The molecule has 0 atom stereocenters. The Bertz CT molecular complexity index is 1710. The van der Waals surface area contributed by atoms with E-state index in [-0.39, 0.29) is 21.8 Å². The van der Waals surface area contributed by atoms with E-state index in [1.165, 1.54) is 31.4 Å². The summed E-state index contributed by atoms with van der Waals surface area (Å²) >= 11 is 5.92. The van der Waals surface area contributed by atoms with E-state index in [0.717, 1.165) is 0 Å². The van der Waals surface area contributed by atoms with Crippen LogP contribution in [0.25, 0.3) is 27.9 Å². The molecule has 0 saturated heterocycles. The van der Waals surface area contributed by atoms with Crippen LogP contribution in [0.4, 0.5) is 5.82 Å². The summed E-state index contributed by atoms with van der Waals surface area (Å²) in [4.78, 5) is 9.33. The van der Waals surface area contributed by atoms with Gasteiger partial charge in [0.25, 0.3) is 10.0 Å². The zero-order chi connectivity index (χ0) is 23.9. The summed E-state index contributed by atoms with van der Waals surface area (Å²) in [6.45, 7) is 0. The maximum atomic E-state index is 13.3. The van der Waals surface area contributed by atoms with E-state index in [9.17, 15) is 13.7 Å². The molecule has 0 saturated carbocycles. The van der Waals surface area contributed by atoms with Crippen LogP contribution in [0.15, 0.2) is 77.7 Å². The molecule has 0 fully saturated rings. The molecule has 2 aromatic heterocycles. The second-order valence-electron chi connectivity index (χ2n) is 7.29. The molecule has 168 valence electrons. The number of methoxy groups -OCH3 is 1. The average Bonchev–Trinajstić information content (AvgIpc) is 3.13. The smallest absolute Gasteiger partial charge is 0.263 e. The molecule has 0 bridgehead atoms. The van der Waals surface area contributed by atoms with E-state index < -0.39 is 10.0 Å². The van der Waals surface area contributed by atoms with E-state index in [0.29, 0.717) is 33.1 Å². The van der Waals surface area contributed by atoms with Crippen LogP contribution in [-0.4, -0.2) is 30.1 Å². The van der Waals surface area contributed by atoms with E-state index in [4.69, 9.17) is 21.3 Å². The molecule has 8 nitrogen and oxygen atoms in total. The number of ether oxygens (including phenoxy) is 1. The maximum absolute atomic E-state index is 13.3. The summed E-state index contributed by atoms with van der Waals surface area (Å²) in [7, 11) is -2.58. The molecule has 2 heterocycles. The number of nitrogens with one attached hydrogen (secondary N) is 1. The summed E-state index contributed by atoms with van der Waals surface area (Å²) in [5.41, 5.74) is 2.29. The Kier molecular flexibility index (Phi) is 5.32. The van der Waals surface area contributed by atoms with Gasteiger partial charge in [-0.25, -0.2) is 18.4 Å². The molecule has 3 aromatic carbocycles. The zero-order valence-electron chi connectivity index (χ0n) is 17.7. The molecule has 10 heteroatoms. The lowest BCUT2D eigenvalue weighted by atomic mass is 10.2. The highest BCUT2D eigenvalue weighted by Crippen LogP contribution is 2.36. The summed E-state index contributed by atoms with van der Waals surface area (Å²) < 4.78 is 36.2. The number of benzene rings is 3. The van der Waals surface area contributed by atoms with Crippen molar-refractivity contribution in [1.82, 2.24) is 14.5 Å². The van der Waals surface area contributed by atoms with Gasteiger partial charge in [-0.1, -0.05) is 35.9 Å². The Morgan fingerprint density at radius 1 is 0.971 bits per heavy atom. The van der Waals surface area contributed by atoms with Crippen molar-refractivity contribution >= 4 is 49.6 Å². The zero-order valence-corrected chi connectivity index (χ0v) is 19.3. The molecule has 5 rings (SSSR count). The number of sulfonamides is 1. The van der Waals surface area contributed by atoms with Crippen LogP contribution in [0.5, 0.6) is 5.75 Å². The third-order valence-corrected chi connectivity index (χ3v) is 6.86. The molecule has 0 amide bonds. The van der Waals surface area contributed by atoms with Crippen LogP contribution in [0.3, 0.4) is 0 Å². The molecule has 5 aromatic rings. The van der Waals surface area contributed by atoms with Crippen molar-refractivity contribution in [3.63, 3.8) is 0 Å². The molecule has 0 aliphatic carbocycles. The Morgan fingerprint density at radius 2 is 1.62 bits per heavy atom. The second-order valence-corrected chi connectivity index (χ2v) is 9.41. The molecule has 0 aliphatic heterocycles. The summed E-state index contributed by atoms with van der Waals surface area (Å²) in [5.74, 6) is 0.470. The minimum atomic E-state index is -4.08. The number of hydrogen-bond donors (Lipinski definition) is 1. The number of fused-ring (bicyclic) bond motifs is 2. The fraction of sp³-hybridized carbons (Fsp3) is 0.0417. The number of para-hydroxylation sites is 4. The first-order valence-corrected chi connectivity index (χ1v) is 11.9. The quantitative estimate of drug-likeness (QED) is 0.375. The third kappa shape index (κ3) is 3.59. The summed E-state index contributed by atoms with van der Waals surface area (Å²) in [6.07, 6.45) is 0. The first-order chi connectivity index (χ1) is 16.4. The monoisotopic (exact) mass is 489 g/mol. The van der Waals surface area contributed by atoms with Crippen LogP contribution >= 0.6 is 11.6 Å². The number of halogens is 1. The van der Waals surface area contributed by atoms with Crippen molar-refractivity contribution in [2.75, 3.05) is 11.8 Å². The van der Waals surface area contributed by atoms with Gasteiger partial charge in [0.2, 0.25) is 0 Å². The van der Waals surface area contributed by atoms with Gasteiger partial charge >= 0.3 is 0 Å². The topological polar surface area (TPSA) is 110 Å². The van der Waals surface area contributed by atoms with Crippen LogP contribution in [-0.2, 0) is 10.0 Å². The lowest BCUT2D eigenvalue weighted by Gasteiger charge is -2.15. The Balaban J connectivity index is 1.85. The van der Waals surface area contributed by atoms with Crippen molar-refractivity contribution < 1.29 is 13.2 Å². The minimum Gasteiger partial charge on any atom is -0.495 e. The van der Waals surface area contributed by atoms with Crippen molar-refractivity contribution in [1.29, 1.82) is 5.26 Å². The fourth-order valence-electron chi connectivity index (χ4n) is 3.70. The van der Waals surface area contributed by atoms with Gasteiger partial charge in [0, 0.05) is 5.02 Å². The molecule has 0 spiro atoms. The second kappa shape index (κ2) is 8.33. The van der Waals surface area contributed by atoms with Crippen molar-refractivity contribution in [3.8, 4) is 17.5 Å². The van der Waals surface area contributed by atoms with Gasteiger partial charge in [-0.2, -0.15) is 5.26 Å². The van der Waals surface area contributed by atoms with Crippen molar-refractivity contribution in [2.24, 2.45) is 0 Å². The molecule has 0 aliphatic rings. The Hall–Kier alpha value is -4.13. The van der Waals surface area contributed by atoms with E-state index in [1.54, 1.807) is 41.0 Å². The highest BCUT2D eigenvalue weighted by molar-refractivity contribution is 7.92. The normalized spacial score (nSPS) is 11.4. The SMILES string of the molecule is COc1ccccc1-n1c(NS(=O)(=O)c2ccc(Cl)cc2)c(C#N)c2nc3ccccc3nc21. The molecule has 0 radical (unpaired) electrons. The van der Waals surface area contributed by atoms with Gasteiger partial charge in [0.15, 0.2) is 5.65 Å². The van der Waals surface area contributed by atoms with Gasteiger partial charge in [-0.3, -0.25) is 9.29 Å². The molecular formula is C24H16ClN5O3S. The third-order valence-electron chi connectivity index (χ3n) is 5.25. The minimum absolute atomic E-state index is 0.00672. The predicted molar refractivity (Wildman–Crippen MR) is 130 cm³/mol. The molecule has 34 heavy (non-hydrogen) atoms. The van der Waals surface area contributed by atoms with Crippen LogP contribution in [0.1, 0.15) is 5.56 Å². The lowest BCUT2D eigenvalue weighted by molar-refractivity contribution is 0.413. The maximum Gasteiger partial charge on any atom is 0.263 e. The first-order valence-electron chi connectivity index (χ1n) is 10.1. The fourth-order valence-corrected chi connectivity index (χ4v) is 4.88. The van der Waals surface area contributed by atoms with Crippen molar-refractivity contribution in [3.05, 3.63) is 83.4 Å². The number of nitriles is 1. The predicted octanol–water partition coefficient (Wildman–Crippen LogP) is 4.91. The van der Waals surface area contributed by atoms with Crippen LogP contribution in [0.2, 0.25) is 5.02 Å². The Morgan fingerprint density at radius 3 is 2.29 bits per heavy atom. The number of nitrogens with zero attached hydrogens (tertiary/aromatic N) is 4. The van der Waals surface area contributed by atoms with E-state index in [2.05, 4.69) is 15.8 Å². The van der Waals surface area contributed by atoms with Gasteiger partial charge in [-0.15, -0.1) is 0 Å². The van der Waals surface area contributed by atoms with Crippen molar-refractivity contribution in [2.45, 2.75) is 4.90 Å². The van der Waals surface area contributed by atoms with E-state index >= 15 is 0 Å². The van der Waals surface area contributed by atoms with Crippen LogP contribution < -0.4 is 9.46 Å². The highest BCUT2D eigenvalue weighted by atomic mass is 35.5. The van der Waals surface area contributed by atoms with Gasteiger partial charge in [-0.05, 0) is 48.5 Å². The highest BCUT2D eigenvalue weighted by Gasteiger charge is 2.27.